The van der Waals surface area contributed by atoms with Crippen LogP contribution in [0.15, 0.2) is 58.7 Å². The fourth-order valence-corrected chi connectivity index (χ4v) is 2.67. The van der Waals surface area contributed by atoms with Gasteiger partial charge in [-0.1, -0.05) is 11.8 Å². The van der Waals surface area contributed by atoms with E-state index < -0.39 is 10.9 Å². The molecule has 1 N–H and O–H groups in total. The van der Waals surface area contributed by atoms with E-state index in [4.69, 9.17) is 4.74 Å². The first-order valence-corrected chi connectivity index (χ1v) is 8.60. The number of carbonyl (C=O) groups is 2. The average Bonchev–Trinajstić information content (AvgIpc) is 3.08. The quantitative estimate of drug-likeness (QED) is 0.277. The van der Waals surface area contributed by atoms with E-state index in [1.165, 1.54) is 42.2 Å². The van der Waals surface area contributed by atoms with Crippen LogP contribution < -0.4 is 10.1 Å². The maximum absolute atomic E-state index is 12.1. The van der Waals surface area contributed by atoms with E-state index in [1.807, 2.05) is 0 Å². The van der Waals surface area contributed by atoms with Crippen molar-refractivity contribution >= 4 is 40.7 Å². The summed E-state index contributed by atoms with van der Waals surface area (Å²) >= 11 is 1.28. The van der Waals surface area contributed by atoms with Crippen LogP contribution in [0.2, 0.25) is 0 Å². The fourth-order valence-electron chi connectivity index (χ4n) is 2.03. The summed E-state index contributed by atoms with van der Waals surface area (Å²) in [5, 5.41) is 21.4. The number of amidine groups is 1. The maximum Gasteiger partial charge on any atom is 0.343 e. The molecule has 1 amide bonds. The molecule has 9 nitrogen and oxygen atoms in total. The lowest BCUT2D eigenvalue weighted by molar-refractivity contribution is -0.384. The number of carbonyl (C=O) groups excluding carboxylic acids is 2. The molecule has 1 aliphatic rings. The molecular formula is C17H12N4O5S. The van der Waals surface area contributed by atoms with E-state index in [-0.39, 0.29) is 17.2 Å². The number of non-ortho nitro benzene ring substituents is 1. The molecule has 1 saturated heterocycles. The van der Waals surface area contributed by atoms with Gasteiger partial charge in [0.05, 0.1) is 22.5 Å². The molecule has 0 aromatic heterocycles. The number of nitro groups is 1. The van der Waals surface area contributed by atoms with Crippen molar-refractivity contribution in [3.63, 3.8) is 0 Å². The number of esters is 1. The first-order chi connectivity index (χ1) is 13.0. The number of hydrogen-bond donors (Lipinski definition) is 1. The molecule has 27 heavy (non-hydrogen) atoms. The van der Waals surface area contributed by atoms with Crippen molar-refractivity contribution in [2.45, 2.75) is 0 Å². The van der Waals surface area contributed by atoms with Crippen LogP contribution in [0.3, 0.4) is 0 Å². The van der Waals surface area contributed by atoms with Crippen LogP contribution in [0.5, 0.6) is 5.75 Å². The Morgan fingerprint density at radius 1 is 1.19 bits per heavy atom. The molecule has 0 saturated carbocycles. The van der Waals surface area contributed by atoms with Crippen molar-refractivity contribution in [3.05, 3.63) is 69.8 Å². The molecule has 136 valence electrons. The largest absolute Gasteiger partial charge is 0.423 e. The van der Waals surface area contributed by atoms with Gasteiger partial charge in [-0.2, -0.15) is 5.10 Å². The van der Waals surface area contributed by atoms with Gasteiger partial charge in [0.15, 0.2) is 5.17 Å². The Morgan fingerprint density at radius 3 is 2.48 bits per heavy atom. The van der Waals surface area contributed by atoms with Gasteiger partial charge in [-0.25, -0.2) is 4.79 Å². The smallest absolute Gasteiger partial charge is 0.343 e. The van der Waals surface area contributed by atoms with Crippen molar-refractivity contribution < 1.29 is 19.2 Å². The van der Waals surface area contributed by atoms with Crippen LogP contribution in [0, 0.1) is 10.1 Å². The zero-order valence-electron chi connectivity index (χ0n) is 13.7. The van der Waals surface area contributed by atoms with Gasteiger partial charge in [-0.05, 0) is 42.0 Å². The molecule has 0 unspecified atom stereocenters. The first kappa shape index (κ1) is 18.3. The lowest BCUT2D eigenvalue weighted by Crippen LogP contribution is -2.19. The Balaban J connectivity index is 1.59. The molecule has 2 aromatic carbocycles. The summed E-state index contributed by atoms with van der Waals surface area (Å²) in [5.41, 5.74) is 0.830. The number of nitro benzene ring substituents is 1. The van der Waals surface area contributed by atoms with Gasteiger partial charge >= 0.3 is 5.97 Å². The van der Waals surface area contributed by atoms with Crippen LogP contribution in [-0.2, 0) is 4.79 Å². The summed E-state index contributed by atoms with van der Waals surface area (Å²) in [4.78, 5) is 33.2. The molecule has 0 atom stereocenters. The molecule has 1 aliphatic heterocycles. The van der Waals surface area contributed by atoms with Crippen molar-refractivity contribution in [2.75, 3.05) is 5.75 Å². The fraction of sp³-hybridized carbons (Fsp3) is 0.0588. The molecule has 1 fully saturated rings. The summed E-state index contributed by atoms with van der Waals surface area (Å²) in [6, 6.07) is 11.7. The topological polar surface area (TPSA) is 123 Å². The van der Waals surface area contributed by atoms with Crippen molar-refractivity contribution in [2.24, 2.45) is 10.2 Å². The second-order valence-corrected chi connectivity index (χ2v) is 6.21. The van der Waals surface area contributed by atoms with E-state index in [0.717, 1.165) is 5.56 Å². The van der Waals surface area contributed by atoms with E-state index >= 15 is 0 Å². The standard InChI is InChI=1S/C17H12N4O5S/c22-15-10-27-17(19-15)20-18-9-11-1-7-14(8-2-11)26-16(23)12-3-5-13(6-4-12)21(24)25/h1-9H,10H2,(H,19,20,22). The molecule has 1 heterocycles. The summed E-state index contributed by atoms with van der Waals surface area (Å²) in [6.07, 6.45) is 1.50. The molecule has 0 radical (unpaired) electrons. The minimum Gasteiger partial charge on any atom is -0.423 e. The van der Waals surface area contributed by atoms with Gasteiger partial charge < -0.3 is 10.1 Å². The molecule has 10 heteroatoms. The zero-order valence-corrected chi connectivity index (χ0v) is 14.5. The van der Waals surface area contributed by atoms with Crippen LogP contribution in [-0.4, -0.2) is 33.9 Å². The minimum absolute atomic E-state index is 0.102. The van der Waals surface area contributed by atoms with Crippen molar-refractivity contribution in [1.82, 2.24) is 5.32 Å². The van der Waals surface area contributed by atoms with Gasteiger partial charge in [-0.3, -0.25) is 14.9 Å². The SMILES string of the molecule is O=C1CSC(=NN=Cc2ccc(OC(=O)c3ccc([N+](=O)[O-])cc3)cc2)N1. The third kappa shape index (κ3) is 4.98. The summed E-state index contributed by atoms with van der Waals surface area (Å²) < 4.78 is 5.22. The highest BCUT2D eigenvalue weighted by Crippen LogP contribution is 2.16. The highest BCUT2D eigenvalue weighted by Gasteiger charge is 2.16. The number of ether oxygens (including phenoxy) is 1. The van der Waals surface area contributed by atoms with Gasteiger partial charge in [0, 0.05) is 12.1 Å². The Labute approximate surface area is 157 Å². The Morgan fingerprint density at radius 2 is 1.89 bits per heavy atom. The normalized spacial score (nSPS) is 15.1. The second kappa shape index (κ2) is 8.23. The van der Waals surface area contributed by atoms with Gasteiger partial charge in [0.1, 0.15) is 5.75 Å². The van der Waals surface area contributed by atoms with Gasteiger partial charge in [0.25, 0.3) is 5.69 Å². The monoisotopic (exact) mass is 384 g/mol. The number of nitrogens with one attached hydrogen (secondary N) is 1. The average molecular weight is 384 g/mol. The van der Waals surface area contributed by atoms with Gasteiger partial charge in [0.2, 0.25) is 5.91 Å². The minimum atomic E-state index is -0.619. The third-order valence-corrected chi connectivity index (χ3v) is 4.21. The first-order valence-electron chi connectivity index (χ1n) is 7.61. The van der Waals surface area contributed by atoms with E-state index in [9.17, 15) is 19.7 Å². The lowest BCUT2D eigenvalue weighted by Gasteiger charge is -2.04. The highest BCUT2D eigenvalue weighted by atomic mass is 32.2. The maximum atomic E-state index is 12.1. The molecular weight excluding hydrogens is 372 g/mol. The number of nitrogens with zero attached hydrogens (tertiary/aromatic N) is 3. The summed E-state index contributed by atoms with van der Waals surface area (Å²) in [6.45, 7) is 0. The summed E-state index contributed by atoms with van der Waals surface area (Å²) in [5.74, 6) is -0.0660. The molecule has 2 aromatic rings. The predicted molar refractivity (Wildman–Crippen MR) is 100 cm³/mol. The van der Waals surface area contributed by atoms with E-state index in [0.29, 0.717) is 16.7 Å². The Bertz CT molecular complexity index is 939. The summed E-state index contributed by atoms with van der Waals surface area (Å²) in [7, 11) is 0. The van der Waals surface area contributed by atoms with Crippen molar-refractivity contribution in [3.8, 4) is 5.75 Å². The number of benzene rings is 2. The number of amides is 1. The van der Waals surface area contributed by atoms with E-state index in [1.54, 1.807) is 24.3 Å². The second-order valence-electron chi connectivity index (χ2n) is 5.25. The van der Waals surface area contributed by atoms with Crippen LogP contribution in [0.1, 0.15) is 15.9 Å². The Hall–Kier alpha value is -3.53. The molecule has 0 spiro atoms. The zero-order chi connectivity index (χ0) is 19.2. The van der Waals surface area contributed by atoms with Gasteiger partial charge in [-0.15, -0.1) is 5.10 Å². The van der Waals surface area contributed by atoms with Crippen LogP contribution in [0.25, 0.3) is 0 Å². The molecule has 0 aliphatic carbocycles. The Kier molecular flexibility index (Phi) is 5.57. The van der Waals surface area contributed by atoms with Crippen LogP contribution in [0.4, 0.5) is 5.69 Å². The number of thioether (sulfide) groups is 1. The predicted octanol–water partition coefficient (Wildman–Crippen LogP) is 2.37. The highest BCUT2D eigenvalue weighted by molar-refractivity contribution is 8.15. The molecule has 3 rings (SSSR count). The molecule has 0 bridgehead atoms. The van der Waals surface area contributed by atoms with E-state index in [2.05, 4.69) is 15.5 Å². The van der Waals surface area contributed by atoms with Crippen molar-refractivity contribution in [1.29, 1.82) is 0 Å². The number of hydrogen-bond acceptors (Lipinski definition) is 8. The number of rotatable bonds is 5. The third-order valence-electron chi connectivity index (χ3n) is 3.35. The lowest BCUT2D eigenvalue weighted by atomic mass is 10.2. The van der Waals surface area contributed by atoms with Crippen LogP contribution >= 0.6 is 11.8 Å².